The zero-order valence-electron chi connectivity index (χ0n) is 18.3. The second-order valence-corrected chi connectivity index (χ2v) is 7.59. The maximum atomic E-state index is 12.5. The molecular weight excluding hydrogens is 418 g/mol. The van der Waals surface area contributed by atoms with Gasteiger partial charge in [0.1, 0.15) is 11.5 Å². The number of nitrogens with zero attached hydrogens (tertiary/aromatic N) is 1. The largest absolute Gasteiger partial charge is 0.508 e. The van der Waals surface area contributed by atoms with Crippen molar-refractivity contribution in [3.63, 3.8) is 0 Å². The first-order chi connectivity index (χ1) is 15.9. The Balaban J connectivity index is 1.50. The Kier molecular flexibility index (Phi) is 6.22. The minimum absolute atomic E-state index is 0.185. The van der Waals surface area contributed by atoms with Crippen molar-refractivity contribution in [2.75, 3.05) is 7.11 Å². The normalized spacial score (nSPS) is 10.6. The van der Waals surface area contributed by atoms with Gasteiger partial charge in [-0.2, -0.15) is 4.98 Å². The van der Waals surface area contributed by atoms with Crippen LogP contribution in [0.4, 0.5) is 0 Å². The van der Waals surface area contributed by atoms with Crippen molar-refractivity contribution in [2.24, 2.45) is 0 Å². The van der Waals surface area contributed by atoms with E-state index >= 15 is 0 Å². The van der Waals surface area contributed by atoms with Gasteiger partial charge in [0.05, 0.1) is 18.5 Å². The minimum Gasteiger partial charge on any atom is -0.508 e. The van der Waals surface area contributed by atoms with Gasteiger partial charge in [0.25, 0.3) is 5.91 Å². The van der Waals surface area contributed by atoms with Crippen molar-refractivity contribution in [3.8, 4) is 34.0 Å². The number of phenolic OH excluding ortho intramolecular Hbond substituents is 1. The maximum absolute atomic E-state index is 12.5. The Hall–Kier alpha value is -4.39. The van der Waals surface area contributed by atoms with Crippen LogP contribution in [-0.2, 0) is 6.54 Å². The van der Waals surface area contributed by atoms with Crippen LogP contribution >= 0.6 is 0 Å². The van der Waals surface area contributed by atoms with E-state index in [1.165, 1.54) is 0 Å². The summed E-state index contributed by atoms with van der Waals surface area (Å²) >= 11 is 0. The summed E-state index contributed by atoms with van der Waals surface area (Å²) in [5.41, 5.74) is 4.25. The van der Waals surface area contributed by atoms with Gasteiger partial charge in [0.2, 0.25) is 0 Å². The molecule has 166 valence electrons. The molecule has 0 aliphatic carbocycles. The molecule has 0 aliphatic rings. The summed E-state index contributed by atoms with van der Waals surface area (Å²) in [6, 6.07) is 21.3. The number of nitrogens with one attached hydrogen (secondary N) is 2. The predicted octanol–water partition coefficient (Wildman–Crippen LogP) is 4.06. The molecule has 3 aromatic carbocycles. The van der Waals surface area contributed by atoms with E-state index < -0.39 is 5.69 Å². The Labute approximate surface area is 190 Å². The van der Waals surface area contributed by atoms with Crippen LogP contribution in [0.25, 0.3) is 22.5 Å². The number of aromatic amines is 1. The van der Waals surface area contributed by atoms with Crippen LogP contribution in [0.5, 0.6) is 11.5 Å². The molecule has 0 saturated carbocycles. The molecule has 4 rings (SSSR count). The van der Waals surface area contributed by atoms with E-state index in [2.05, 4.69) is 15.3 Å². The Morgan fingerprint density at radius 3 is 2.36 bits per heavy atom. The first kappa shape index (κ1) is 21.8. The molecule has 0 unspecified atom stereocenters. The smallest absolute Gasteiger partial charge is 0.345 e. The molecule has 4 aromatic rings. The van der Waals surface area contributed by atoms with E-state index in [1.807, 2.05) is 24.3 Å². The number of carbonyl (C=O) groups excluding carboxylic acids is 1. The van der Waals surface area contributed by atoms with Crippen LogP contribution in [0.1, 0.15) is 21.5 Å². The number of rotatable bonds is 6. The van der Waals surface area contributed by atoms with Crippen molar-refractivity contribution < 1.29 is 14.6 Å². The number of hydrogen-bond acceptors (Lipinski definition) is 5. The lowest BCUT2D eigenvalue weighted by Crippen LogP contribution is -2.22. The number of hydrogen-bond donors (Lipinski definition) is 3. The molecule has 0 fully saturated rings. The maximum Gasteiger partial charge on any atom is 0.345 e. The summed E-state index contributed by atoms with van der Waals surface area (Å²) in [7, 11) is 1.61. The summed E-state index contributed by atoms with van der Waals surface area (Å²) in [6.07, 6.45) is 0. The molecule has 0 spiro atoms. The highest BCUT2D eigenvalue weighted by atomic mass is 16.5. The molecule has 7 nitrogen and oxygen atoms in total. The Morgan fingerprint density at radius 2 is 1.70 bits per heavy atom. The zero-order valence-corrected chi connectivity index (χ0v) is 18.3. The van der Waals surface area contributed by atoms with Crippen molar-refractivity contribution >= 4 is 5.91 Å². The number of aryl methyl sites for hydroxylation is 1. The quantitative estimate of drug-likeness (QED) is 0.419. The summed E-state index contributed by atoms with van der Waals surface area (Å²) in [6.45, 7) is 2.18. The fraction of sp³-hybridized carbons (Fsp3) is 0.115. The highest BCUT2D eigenvalue weighted by molar-refractivity contribution is 5.94. The third kappa shape index (κ3) is 5.10. The molecule has 0 aliphatic heterocycles. The molecule has 0 saturated heterocycles. The van der Waals surface area contributed by atoms with Crippen LogP contribution < -0.4 is 15.7 Å². The van der Waals surface area contributed by atoms with E-state index in [4.69, 9.17) is 4.74 Å². The van der Waals surface area contributed by atoms with Gasteiger partial charge >= 0.3 is 5.69 Å². The fourth-order valence-electron chi connectivity index (χ4n) is 3.40. The third-order valence-corrected chi connectivity index (χ3v) is 5.31. The Bertz CT molecular complexity index is 1340. The van der Waals surface area contributed by atoms with Gasteiger partial charge in [-0.25, -0.2) is 4.79 Å². The number of phenols is 1. The topological polar surface area (TPSA) is 104 Å². The Morgan fingerprint density at radius 1 is 1.00 bits per heavy atom. The van der Waals surface area contributed by atoms with Gasteiger partial charge in [-0.3, -0.25) is 4.79 Å². The standard InChI is InChI=1S/C26H23N3O4/c1-16-13-20(9-12-24(16)30)23-14-22(28-26(32)29-23)18-5-7-19(8-6-18)25(31)27-15-17-3-10-21(33-2)11-4-17/h3-14,30H,15H2,1-2H3,(H,27,31)(H,28,29,32). The first-order valence-electron chi connectivity index (χ1n) is 10.4. The van der Waals surface area contributed by atoms with E-state index in [1.54, 1.807) is 62.6 Å². The van der Waals surface area contributed by atoms with Crippen molar-refractivity contribution in [1.82, 2.24) is 15.3 Å². The molecule has 7 heteroatoms. The predicted molar refractivity (Wildman–Crippen MR) is 126 cm³/mol. The second kappa shape index (κ2) is 9.40. The monoisotopic (exact) mass is 441 g/mol. The van der Waals surface area contributed by atoms with Gasteiger partial charge in [0, 0.05) is 17.7 Å². The average Bonchev–Trinajstić information content (AvgIpc) is 2.84. The summed E-state index contributed by atoms with van der Waals surface area (Å²) < 4.78 is 5.14. The van der Waals surface area contributed by atoms with Crippen molar-refractivity contribution in [1.29, 1.82) is 0 Å². The summed E-state index contributed by atoms with van der Waals surface area (Å²) in [4.78, 5) is 31.5. The third-order valence-electron chi connectivity index (χ3n) is 5.31. The van der Waals surface area contributed by atoms with E-state index in [-0.39, 0.29) is 11.7 Å². The van der Waals surface area contributed by atoms with Gasteiger partial charge in [-0.1, -0.05) is 24.3 Å². The lowest BCUT2D eigenvalue weighted by Gasteiger charge is -2.09. The lowest BCUT2D eigenvalue weighted by atomic mass is 10.0. The zero-order chi connectivity index (χ0) is 23.4. The van der Waals surface area contributed by atoms with Gasteiger partial charge in [-0.05, 0) is 72.1 Å². The number of aromatic nitrogens is 2. The molecule has 1 amide bonds. The number of aromatic hydroxyl groups is 1. The first-order valence-corrected chi connectivity index (χ1v) is 10.4. The molecule has 3 N–H and O–H groups in total. The SMILES string of the molecule is COc1ccc(CNC(=O)c2ccc(-c3cc(-c4ccc(O)c(C)c4)nc(=O)[nH]3)cc2)cc1. The van der Waals surface area contributed by atoms with E-state index in [0.29, 0.717) is 29.1 Å². The molecule has 1 heterocycles. The number of benzene rings is 3. The van der Waals surface area contributed by atoms with Crippen LogP contribution in [0, 0.1) is 6.92 Å². The molecular formula is C26H23N3O4. The van der Waals surface area contributed by atoms with Crippen molar-refractivity contribution in [2.45, 2.75) is 13.5 Å². The molecule has 1 aromatic heterocycles. The van der Waals surface area contributed by atoms with Crippen LogP contribution in [0.3, 0.4) is 0 Å². The van der Waals surface area contributed by atoms with E-state index in [9.17, 15) is 14.7 Å². The van der Waals surface area contributed by atoms with Gasteiger partial charge in [-0.15, -0.1) is 0 Å². The molecule has 0 radical (unpaired) electrons. The second-order valence-electron chi connectivity index (χ2n) is 7.59. The summed E-state index contributed by atoms with van der Waals surface area (Å²) in [5.74, 6) is 0.754. The number of ether oxygens (including phenoxy) is 1. The number of H-pyrrole nitrogens is 1. The van der Waals surface area contributed by atoms with Crippen LogP contribution in [-0.4, -0.2) is 28.1 Å². The summed E-state index contributed by atoms with van der Waals surface area (Å²) in [5, 5.41) is 12.6. The van der Waals surface area contributed by atoms with Crippen LogP contribution in [0.15, 0.2) is 77.6 Å². The minimum atomic E-state index is -0.477. The molecule has 0 bridgehead atoms. The molecule has 0 atom stereocenters. The fourth-order valence-corrected chi connectivity index (χ4v) is 3.40. The number of methoxy groups -OCH3 is 1. The number of amides is 1. The highest BCUT2D eigenvalue weighted by Crippen LogP contribution is 2.26. The molecule has 33 heavy (non-hydrogen) atoms. The van der Waals surface area contributed by atoms with Crippen LogP contribution in [0.2, 0.25) is 0 Å². The van der Waals surface area contributed by atoms with Crippen molar-refractivity contribution in [3.05, 3.63) is 100.0 Å². The highest BCUT2D eigenvalue weighted by Gasteiger charge is 2.10. The average molecular weight is 441 g/mol. The lowest BCUT2D eigenvalue weighted by molar-refractivity contribution is 0.0951. The van der Waals surface area contributed by atoms with E-state index in [0.717, 1.165) is 22.4 Å². The number of carbonyl (C=O) groups is 1. The van der Waals surface area contributed by atoms with Gasteiger partial charge in [0.15, 0.2) is 0 Å². The van der Waals surface area contributed by atoms with Gasteiger partial charge < -0.3 is 20.1 Å².